The fourth-order valence-corrected chi connectivity index (χ4v) is 0.180. The summed E-state index contributed by atoms with van der Waals surface area (Å²) in [6, 6.07) is 0. The number of nitrogens with two attached hydrogens (primary N) is 1. The van der Waals surface area contributed by atoms with Gasteiger partial charge in [0.05, 0.1) is 0 Å². The zero-order chi connectivity index (χ0) is 6.78. The zero-order valence-corrected chi connectivity index (χ0v) is 5.05. The lowest BCUT2D eigenvalue weighted by Crippen LogP contribution is -2.31. The van der Waals surface area contributed by atoms with Crippen molar-refractivity contribution < 1.29 is 13.2 Å². The summed E-state index contributed by atoms with van der Waals surface area (Å²) in [4.78, 5) is 9.62. The smallest absolute Gasteiger partial charge is 0.278 e. The average molecular weight is 138 g/mol. The summed E-state index contributed by atoms with van der Waals surface area (Å²) in [5.74, 6) is 0. The van der Waals surface area contributed by atoms with E-state index in [4.69, 9.17) is 0 Å². The van der Waals surface area contributed by atoms with Crippen LogP contribution in [0.2, 0.25) is 0 Å². The maximum Gasteiger partial charge on any atom is 0.300 e. The van der Waals surface area contributed by atoms with Crippen molar-refractivity contribution in [3.8, 4) is 0 Å². The number of hydrogen-bond acceptors (Lipinski definition) is 3. The van der Waals surface area contributed by atoms with Crippen LogP contribution in [0.15, 0.2) is 0 Å². The first-order chi connectivity index (χ1) is 3.48. The molecule has 0 saturated carbocycles. The molecule has 0 aromatic heterocycles. The van der Waals surface area contributed by atoms with E-state index in [0.717, 1.165) is 7.05 Å². The fraction of sp³-hybridized carbons (Fsp3) is 0.500. The van der Waals surface area contributed by atoms with Crippen LogP contribution in [0.1, 0.15) is 0 Å². The van der Waals surface area contributed by atoms with Gasteiger partial charge in [0.25, 0.3) is 0 Å². The molecule has 2 N–H and O–H groups in total. The molecule has 48 valence electrons. The standard InChI is InChI=1S/C2H6N2O3S/c1-4(2-5)8(3,6)7/h2H,1H3,(H2,3,6,7). The van der Waals surface area contributed by atoms with Gasteiger partial charge in [-0.3, -0.25) is 4.79 Å². The SMILES string of the molecule is CN(C=O)S(N)(=O)=O. The number of hydrogen-bond donors (Lipinski definition) is 1. The van der Waals surface area contributed by atoms with E-state index < -0.39 is 10.2 Å². The van der Waals surface area contributed by atoms with E-state index in [-0.39, 0.29) is 6.41 Å². The number of carbonyl (C=O) groups excluding carboxylic acids is 1. The molecular weight excluding hydrogens is 132 g/mol. The Morgan fingerprint density at radius 1 is 1.62 bits per heavy atom. The van der Waals surface area contributed by atoms with Gasteiger partial charge in [-0.25, -0.2) is 9.44 Å². The van der Waals surface area contributed by atoms with Crippen LogP contribution in [0, 0.1) is 0 Å². The maximum atomic E-state index is 10.0. The van der Waals surface area contributed by atoms with Crippen molar-refractivity contribution in [3.63, 3.8) is 0 Å². The molecule has 8 heavy (non-hydrogen) atoms. The van der Waals surface area contributed by atoms with Crippen molar-refractivity contribution in [2.75, 3.05) is 7.05 Å². The molecule has 0 aromatic carbocycles. The Labute approximate surface area is 47.3 Å². The summed E-state index contributed by atoms with van der Waals surface area (Å²) in [6.07, 6.45) is 0.120. The van der Waals surface area contributed by atoms with Gasteiger partial charge in [-0.05, 0) is 0 Å². The van der Waals surface area contributed by atoms with Crippen LogP contribution in [-0.4, -0.2) is 26.2 Å². The number of amides is 1. The van der Waals surface area contributed by atoms with E-state index in [1.165, 1.54) is 0 Å². The molecule has 0 fully saturated rings. The average Bonchev–Trinajstić information content (AvgIpc) is 1.62. The molecule has 0 aliphatic carbocycles. The molecule has 5 nitrogen and oxygen atoms in total. The van der Waals surface area contributed by atoms with E-state index >= 15 is 0 Å². The van der Waals surface area contributed by atoms with E-state index in [9.17, 15) is 13.2 Å². The summed E-state index contributed by atoms with van der Waals surface area (Å²) < 4.78 is 20.5. The van der Waals surface area contributed by atoms with Crippen molar-refractivity contribution in [1.82, 2.24) is 4.31 Å². The highest BCUT2D eigenvalue weighted by atomic mass is 32.2. The van der Waals surface area contributed by atoms with Crippen LogP contribution >= 0.6 is 0 Å². The van der Waals surface area contributed by atoms with Gasteiger partial charge in [-0.15, -0.1) is 0 Å². The second kappa shape index (κ2) is 2.10. The lowest BCUT2D eigenvalue weighted by atomic mass is 11.2. The Balaban J connectivity index is 4.26. The van der Waals surface area contributed by atoms with Crippen LogP contribution in [0.4, 0.5) is 0 Å². The topological polar surface area (TPSA) is 80.5 Å². The molecule has 0 saturated heterocycles. The molecule has 0 unspecified atom stereocenters. The minimum atomic E-state index is -3.79. The lowest BCUT2D eigenvalue weighted by Gasteiger charge is -2.03. The Morgan fingerprint density at radius 3 is 2.00 bits per heavy atom. The first-order valence-corrected chi connectivity index (χ1v) is 3.20. The van der Waals surface area contributed by atoms with Crippen LogP contribution in [0.3, 0.4) is 0 Å². The van der Waals surface area contributed by atoms with Gasteiger partial charge in [0.2, 0.25) is 6.41 Å². The normalized spacial score (nSPS) is 10.8. The van der Waals surface area contributed by atoms with Crippen molar-refractivity contribution in [2.24, 2.45) is 5.14 Å². The summed E-state index contributed by atoms with van der Waals surface area (Å²) in [6.45, 7) is 0. The van der Waals surface area contributed by atoms with Gasteiger partial charge in [0.1, 0.15) is 0 Å². The quantitative estimate of drug-likeness (QED) is 0.461. The van der Waals surface area contributed by atoms with Crippen LogP contribution < -0.4 is 5.14 Å². The Kier molecular flexibility index (Phi) is 1.94. The van der Waals surface area contributed by atoms with E-state index in [1.807, 2.05) is 0 Å². The van der Waals surface area contributed by atoms with Gasteiger partial charge in [-0.1, -0.05) is 0 Å². The van der Waals surface area contributed by atoms with Crippen molar-refractivity contribution in [3.05, 3.63) is 0 Å². The fourth-order valence-electron chi connectivity index (χ4n) is 0.0600. The second-order valence-electron chi connectivity index (χ2n) is 1.17. The largest absolute Gasteiger partial charge is 0.300 e. The van der Waals surface area contributed by atoms with Gasteiger partial charge < -0.3 is 0 Å². The maximum absolute atomic E-state index is 10.0. The molecule has 0 spiro atoms. The van der Waals surface area contributed by atoms with Gasteiger partial charge in [-0.2, -0.15) is 8.42 Å². The first-order valence-electron chi connectivity index (χ1n) is 1.69. The van der Waals surface area contributed by atoms with E-state index in [2.05, 4.69) is 5.14 Å². The van der Waals surface area contributed by atoms with Crippen LogP contribution in [-0.2, 0) is 15.0 Å². The highest BCUT2D eigenvalue weighted by molar-refractivity contribution is 7.87. The molecule has 0 rings (SSSR count). The molecule has 0 radical (unpaired) electrons. The molecule has 0 aliphatic heterocycles. The summed E-state index contributed by atoms with van der Waals surface area (Å²) in [7, 11) is -2.73. The molecule has 6 heteroatoms. The Bertz CT molecular complexity index is 172. The van der Waals surface area contributed by atoms with Gasteiger partial charge in [0.15, 0.2) is 0 Å². The zero-order valence-electron chi connectivity index (χ0n) is 4.23. The molecule has 0 bridgehead atoms. The van der Waals surface area contributed by atoms with E-state index in [0.29, 0.717) is 4.31 Å². The van der Waals surface area contributed by atoms with Gasteiger partial charge in [0, 0.05) is 7.05 Å². The number of rotatable bonds is 2. The minimum absolute atomic E-state index is 0.120. The first kappa shape index (κ1) is 7.38. The summed E-state index contributed by atoms with van der Waals surface area (Å²) in [5.41, 5.74) is 0. The minimum Gasteiger partial charge on any atom is -0.278 e. The Morgan fingerprint density at radius 2 is 2.00 bits per heavy atom. The molecule has 0 heterocycles. The summed E-state index contributed by atoms with van der Waals surface area (Å²) in [5, 5.41) is 4.46. The third kappa shape index (κ3) is 1.90. The number of carbonyl (C=O) groups is 1. The predicted octanol–water partition coefficient (Wildman–Crippen LogP) is -1.72. The van der Waals surface area contributed by atoms with Crippen molar-refractivity contribution in [1.29, 1.82) is 0 Å². The second-order valence-corrected chi connectivity index (χ2v) is 2.77. The molecule has 1 amide bonds. The number of nitrogens with zero attached hydrogens (tertiary/aromatic N) is 1. The van der Waals surface area contributed by atoms with Gasteiger partial charge >= 0.3 is 10.2 Å². The predicted molar refractivity (Wildman–Crippen MR) is 26.9 cm³/mol. The highest BCUT2D eigenvalue weighted by Gasteiger charge is 2.05. The molecular formula is C2H6N2O3S. The Hall–Kier alpha value is -0.620. The van der Waals surface area contributed by atoms with Crippen molar-refractivity contribution in [2.45, 2.75) is 0 Å². The van der Waals surface area contributed by atoms with E-state index in [1.54, 1.807) is 0 Å². The molecule has 0 aliphatic rings. The third-order valence-electron chi connectivity index (χ3n) is 0.550. The van der Waals surface area contributed by atoms with Crippen LogP contribution in [0.5, 0.6) is 0 Å². The summed E-state index contributed by atoms with van der Waals surface area (Å²) >= 11 is 0. The monoisotopic (exact) mass is 138 g/mol. The lowest BCUT2D eigenvalue weighted by molar-refractivity contribution is -0.113. The van der Waals surface area contributed by atoms with Crippen molar-refractivity contribution >= 4 is 16.6 Å². The van der Waals surface area contributed by atoms with Crippen LogP contribution in [0.25, 0.3) is 0 Å². The molecule has 0 atom stereocenters. The highest BCUT2D eigenvalue weighted by Crippen LogP contribution is 1.79. The molecule has 0 aromatic rings. The third-order valence-corrected chi connectivity index (χ3v) is 1.44.